The van der Waals surface area contributed by atoms with Crippen molar-refractivity contribution in [2.24, 2.45) is 0 Å². The van der Waals surface area contributed by atoms with Crippen LogP contribution in [0.25, 0.3) is 0 Å². The average molecular weight is 390 g/mol. The van der Waals surface area contributed by atoms with Gasteiger partial charge in [-0.3, -0.25) is 9.59 Å². The first-order valence-electron chi connectivity index (χ1n) is 5.33. The zero-order valence-corrected chi connectivity index (χ0v) is 12.6. The SMILES string of the molecule is O=C(Cn1ncc(I)cc1=O)Nc1cccc(Cl)c1. The molecule has 2 rings (SSSR count). The van der Waals surface area contributed by atoms with Crippen molar-refractivity contribution in [3.8, 4) is 0 Å². The molecule has 0 aliphatic heterocycles. The second-order valence-electron chi connectivity index (χ2n) is 3.73. The molecule has 0 unspecified atom stereocenters. The molecule has 0 bridgehead atoms. The molecule has 1 aromatic carbocycles. The quantitative estimate of drug-likeness (QED) is 0.818. The molecule has 98 valence electrons. The van der Waals surface area contributed by atoms with Crippen LogP contribution in [0.1, 0.15) is 0 Å². The minimum absolute atomic E-state index is 0.137. The van der Waals surface area contributed by atoms with Crippen molar-refractivity contribution >= 4 is 45.8 Å². The lowest BCUT2D eigenvalue weighted by Gasteiger charge is -2.06. The Morgan fingerprint density at radius 3 is 2.89 bits per heavy atom. The van der Waals surface area contributed by atoms with Crippen LogP contribution in [0.5, 0.6) is 0 Å². The van der Waals surface area contributed by atoms with Gasteiger partial charge in [-0.2, -0.15) is 5.10 Å². The Kier molecular flexibility index (Phi) is 4.54. The van der Waals surface area contributed by atoms with Crippen molar-refractivity contribution in [1.82, 2.24) is 9.78 Å². The van der Waals surface area contributed by atoms with Gasteiger partial charge in [0, 0.05) is 20.3 Å². The van der Waals surface area contributed by atoms with Crippen LogP contribution in [0.3, 0.4) is 0 Å². The number of nitrogens with zero attached hydrogens (tertiary/aromatic N) is 2. The predicted octanol–water partition coefficient (Wildman–Crippen LogP) is 2.14. The summed E-state index contributed by atoms with van der Waals surface area (Å²) in [7, 11) is 0. The fraction of sp³-hybridized carbons (Fsp3) is 0.0833. The van der Waals surface area contributed by atoms with Gasteiger partial charge < -0.3 is 5.32 Å². The summed E-state index contributed by atoms with van der Waals surface area (Å²) in [5.41, 5.74) is 0.268. The first kappa shape index (κ1) is 14.0. The molecule has 7 heteroatoms. The Bertz CT molecular complexity index is 672. The minimum atomic E-state index is -0.335. The first-order chi connectivity index (χ1) is 9.04. The second-order valence-corrected chi connectivity index (χ2v) is 5.41. The summed E-state index contributed by atoms with van der Waals surface area (Å²) in [4.78, 5) is 23.4. The number of rotatable bonds is 3. The van der Waals surface area contributed by atoms with E-state index in [1.54, 1.807) is 24.3 Å². The van der Waals surface area contributed by atoms with Gasteiger partial charge in [0.2, 0.25) is 5.91 Å². The maximum Gasteiger partial charge on any atom is 0.268 e. The summed E-state index contributed by atoms with van der Waals surface area (Å²) < 4.78 is 1.83. The maximum absolute atomic E-state index is 11.8. The molecule has 2 aromatic rings. The van der Waals surface area contributed by atoms with Crippen molar-refractivity contribution in [2.45, 2.75) is 6.54 Å². The van der Waals surface area contributed by atoms with E-state index in [0.29, 0.717) is 10.7 Å². The molecule has 0 spiro atoms. The number of hydrogen-bond acceptors (Lipinski definition) is 3. The summed E-state index contributed by atoms with van der Waals surface area (Å²) in [6.07, 6.45) is 1.52. The number of carbonyl (C=O) groups excluding carboxylic acids is 1. The number of amides is 1. The van der Waals surface area contributed by atoms with Crippen molar-refractivity contribution in [1.29, 1.82) is 0 Å². The third-order valence-electron chi connectivity index (χ3n) is 2.24. The van der Waals surface area contributed by atoms with Gasteiger partial charge >= 0.3 is 0 Å². The molecular formula is C12H9ClIN3O2. The van der Waals surface area contributed by atoms with E-state index in [1.807, 2.05) is 22.6 Å². The normalized spacial score (nSPS) is 10.2. The Morgan fingerprint density at radius 1 is 1.42 bits per heavy atom. The lowest BCUT2D eigenvalue weighted by molar-refractivity contribution is -0.117. The highest BCUT2D eigenvalue weighted by Gasteiger charge is 2.06. The van der Waals surface area contributed by atoms with E-state index >= 15 is 0 Å². The third kappa shape index (κ3) is 4.03. The minimum Gasteiger partial charge on any atom is -0.324 e. The van der Waals surface area contributed by atoms with Crippen LogP contribution in [0.4, 0.5) is 5.69 Å². The molecule has 1 amide bonds. The van der Waals surface area contributed by atoms with E-state index in [0.717, 1.165) is 8.25 Å². The highest BCUT2D eigenvalue weighted by molar-refractivity contribution is 14.1. The van der Waals surface area contributed by atoms with E-state index in [9.17, 15) is 9.59 Å². The number of hydrogen-bond donors (Lipinski definition) is 1. The van der Waals surface area contributed by atoms with Gasteiger partial charge in [0.1, 0.15) is 6.54 Å². The maximum atomic E-state index is 11.8. The molecule has 1 aromatic heterocycles. The second kappa shape index (κ2) is 6.16. The molecule has 0 aliphatic rings. The van der Waals surface area contributed by atoms with E-state index in [1.165, 1.54) is 12.3 Å². The van der Waals surface area contributed by atoms with Gasteiger partial charge in [0.15, 0.2) is 0 Å². The number of aromatic nitrogens is 2. The van der Waals surface area contributed by atoms with Crippen LogP contribution in [-0.4, -0.2) is 15.7 Å². The fourth-order valence-corrected chi connectivity index (χ4v) is 2.01. The van der Waals surface area contributed by atoms with E-state index in [-0.39, 0.29) is 18.0 Å². The molecule has 1 N–H and O–H groups in total. The molecule has 1 heterocycles. The molecule has 0 aliphatic carbocycles. The van der Waals surface area contributed by atoms with Crippen LogP contribution in [0, 0.1) is 3.57 Å². The van der Waals surface area contributed by atoms with Crippen LogP contribution < -0.4 is 10.9 Å². The predicted molar refractivity (Wildman–Crippen MR) is 81.3 cm³/mol. The largest absolute Gasteiger partial charge is 0.324 e. The first-order valence-corrected chi connectivity index (χ1v) is 6.78. The van der Waals surface area contributed by atoms with Crippen LogP contribution in [0.2, 0.25) is 5.02 Å². The number of halogens is 2. The van der Waals surface area contributed by atoms with Gasteiger partial charge in [-0.15, -0.1) is 0 Å². The molecule has 0 saturated carbocycles. The summed E-state index contributed by atoms with van der Waals surface area (Å²) in [6, 6.07) is 8.20. The summed E-state index contributed by atoms with van der Waals surface area (Å²) in [5, 5.41) is 7.06. The van der Waals surface area contributed by atoms with E-state index in [2.05, 4.69) is 10.4 Å². The Balaban J connectivity index is 2.07. The lowest BCUT2D eigenvalue weighted by Crippen LogP contribution is -2.29. The van der Waals surface area contributed by atoms with E-state index in [4.69, 9.17) is 11.6 Å². The van der Waals surface area contributed by atoms with Gasteiger partial charge in [-0.1, -0.05) is 17.7 Å². The van der Waals surface area contributed by atoms with E-state index < -0.39 is 0 Å². The number of nitrogens with one attached hydrogen (secondary N) is 1. The Morgan fingerprint density at radius 2 is 2.21 bits per heavy atom. The molecule has 5 nitrogen and oxygen atoms in total. The monoisotopic (exact) mass is 389 g/mol. The third-order valence-corrected chi connectivity index (χ3v) is 3.06. The van der Waals surface area contributed by atoms with Crippen molar-refractivity contribution in [3.63, 3.8) is 0 Å². The topological polar surface area (TPSA) is 64.0 Å². The molecule has 0 atom stereocenters. The van der Waals surface area contributed by atoms with Gasteiger partial charge in [0.25, 0.3) is 5.56 Å². The Labute approximate surface area is 127 Å². The lowest BCUT2D eigenvalue weighted by atomic mass is 10.3. The zero-order valence-electron chi connectivity index (χ0n) is 9.64. The zero-order chi connectivity index (χ0) is 13.8. The smallest absolute Gasteiger partial charge is 0.268 e. The highest BCUT2D eigenvalue weighted by Crippen LogP contribution is 2.14. The summed E-state index contributed by atoms with van der Waals surface area (Å²) >= 11 is 7.80. The summed E-state index contributed by atoms with van der Waals surface area (Å²) in [6.45, 7) is -0.137. The van der Waals surface area contributed by atoms with Crippen molar-refractivity contribution in [2.75, 3.05) is 5.32 Å². The van der Waals surface area contributed by atoms with Crippen LogP contribution in [0.15, 0.2) is 41.3 Å². The van der Waals surface area contributed by atoms with Gasteiger partial charge in [-0.25, -0.2) is 4.68 Å². The molecular weight excluding hydrogens is 381 g/mol. The van der Waals surface area contributed by atoms with Gasteiger partial charge in [0.05, 0.1) is 6.20 Å². The van der Waals surface area contributed by atoms with Crippen LogP contribution >= 0.6 is 34.2 Å². The highest BCUT2D eigenvalue weighted by atomic mass is 127. The average Bonchev–Trinajstić information content (AvgIpc) is 2.33. The number of benzene rings is 1. The van der Waals surface area contributed by atoms with Gasteiger partial charge in [-0.05, 0) is 40.8 Å². The fourth-order valence-electron chi connectivity index (χ4n) is 1.43. The molecule has 0 radical (unpaired) electrons. The Hall–Kier alpha value is -1.41. The summed E-state index contributed by atoms with van der Waals surface area (Å²) in [5.74, 6) is -0.335. The standard InChI is InChI=1S/C12H9ClIN3O2/c13-8-2-1-3-10(4-8)16-11(18)7-17-12(19)5-9(14)6-15-17/h1-6H,7H2,(H,16,18). The van der Waals surface area contributed by atoms with Crippen molar-refractivity contribution in [3.05, 3.63) is 55.5 Å². The molecule has 0 fully saturated rings. The molecule has 19 heavy (non-hydrogen) atoms. The number of carbonyl (C=O) groups is 1. The van der Waals surface area contributed by atoms with Crippen LogP contribution in [-0.2, 0) is 11.3 Å². The van der Waals surface area contributed by atoms with Crippen molar-refractivity contribution < 1.29 is 4.79 Å². The number of anilines is 1. The molecule has 0 saturated heterocycles.